The van der Waals surface area contributed by atoms with Crippen molar-refractivity contribution in [3.8, 4) is 5.75 Å². The molecular weight excluding hydrogens is 306 g/mol. The summed E-state index contributed by atoms with van der Waals surface area (Å²) in [4.78, 5) is 23.0. The van der Waals surface area contributed by atoms with E-state index >= 15 is 0 Å². The van der Waals surface area contributed by atoms with E-state index in [2.05, 4.69) is 9.97 Å². The molecule has 0 saturated carbocycles. The van der Waals surface area contributed by atoms with Gasteiger partial charge in [0.1, 0.15) is 17.2 Å². The Morgan fingerprint density at radius 3 is 2.79 bits per heavy atom. The molecule has 124 valence electrons. The van der Waals surface area contributed by atoms with Crippen molar-refractivity contribution in [2.45, 2.75) is 25.6 Å². The quantitative estimate of drug-likeness (QED) is 0.858. The zero-order chi connectivity index (χ0) is 16.7. The molecule has 4 rings (SSSR count). The Bertz CT molecular complexity index is 783. The fourth-order valence-corrected chi connectivity index (χ4v) is 3.33. The Kier molecular flexibility index (Phi) is 3.49. The number of methoxy groups -OCH3 is 1. The number of fused-ring (bicyclic) bond motifs is 2. The van der Waals surface area contributed by atoms with Crippen molar-refractivity contribution in [1.82, 2.24) is 14.9 Å². The zero-order valence-electron chi connectivity index (χ0n) is 13.8. The SMILES string of the molecule is COc1ccc(CC(=O)N2CC3(C2)OCc2nc(C)ncc23)cc1. The summed E-state index contributed by atoms with van der Waals surface area (Å²) in [7, 11) is 1.63. The van der Waals surface area contributed by atoms with Crippen molar-refractivity contribution < 1.29 is 14.3 Å². The number of aryl methyl sites for hydroxylation is 1. The van der Waals surface area contributed by atoms with E-state index in [0.717, 1.165) is 28.4 Å². The molecule has 0 unspecified atom stereocenters. The van der Waals surface area contributed by atoms with Crippen molar-refractivity contribution in [2.24, 2.45) is 0 Å². The molecular formula is C18H19N3O3. The highest BCUT2D eigenvalue weighted by molar-refractivity contribution is 5.80. The smallest absolute Gasteiger partial charge is 0.227 e. The fourth-order valence-electron chi connectivity index (χ4n) is 3.33. The standard InChI is InChI=1S/C18H19N3O3/c1-12-19-8-15-16(20-12)9-24-18(15)10-21(11-18)17(22)7-13-3-5-14(23-2)6-4-13/h3-6,8H,7,9-11H2,1-2H3. The van der Waals surface area contributed by atoms with Crippen LogP contribution in [-0.2, 0) is 28.2 Å². The molecule has 0 N–H and O–H groups in total. The van der Waals surface area contributed by atoms with Gasteiger partial charge in [0, 0.05) is 11.8 Å². The van der Waals surface area contributed by atoms with E-state index in [1.54, 1.807) is 7.11 Å². The molecule has 1 spiro atoms. The van der Waals surface area contributed by atoms with E-state index in [0.29, 0.717) is 26.1 Å². The van der Waals surface area contributed by atoms with Gasteiger partial charge in [0.05, 0.1) is 38.9 Å². The summed E-state index contributed by atoms with van der Waals surface area (Å²) in [5, 5.41) is 0. The van der Waals surface area contributed by atoms with Crippen molar-refractivity contribution in [2.75, 3.05) is 20.2 Å². The minimum absolute atomic E-state index is 0.107. The Labute approximate surface area is 140 Å². The third-order valence-electron chi connectivity index (χ3n) is 4.72. The van der Waals surface area contributed by atoms with E-state index in [1.165, 1.54) is 0 Å². The topological polar surface area (TPSA) is 64.5 Å². The molecule has 0 atom stereocenters. The van der Waals surface area contributed by atoms with Gasteiger partial charge in [0.25, 0.3) is 0 Å². The minimum Gasteiger partial charge on any atom is -0.497 e. The first kappa shape index (κ1) is 15.1. The van der Waals surface area contributed by atoms with Gasteiger partial charge in [-0.05, 0) is 24.6 Å². The van der Waals surface area contributed by atoms with Crippen LogP contribution in [0.15, 0.2) is 30.5 Å². The van der Waals surface area contributed by atoms with Crippen LogP contribution >= 0.6 is 0 Å². The van der Waals surface area contributed by atoms with Crippen LogP contribution in [0.2, 0.25) is 0 Å². The highest BCUT2D eigenvalue weighted by Gasteiger charge is 2.52. The van der Waals surface area contributed by atoms with Crippen molar-refractivity contribution in [3.63, 3.8) is 0 Å². The van der Waals surface area contributed by atoms with Crippen molar-refractivity contribution in [3.05, 3.63) is 53.1 Å². The molecule has 1 saturated heterocycles. The van der Waals surface area contributed by atoms with Crippen LogP contribution in [0.5, 0.6) is 5.75 Å². The minimum atomic E-state index is -0.404. The number of aromatic nitrogens is 2. The molecule has 24 heavy (non-hydrogen) atoms. The van der Waals surface area contributed by atoms with Crippen LogP contribution < -0.4 is 4.74 Å². The zero-order valence-corrected chi connectivity index (χ0v) is 13.8. The molecule has 6 heteroatoms. The lowest BCUT2D eigenvalue weighted by Gasteiger charge is -2.47. The summed E-state index contributed by atoms with van der Waals surface area (Å²) in [6.07, 6.45) is 2.23. The predicted octanol–water partition coefficient (Wildman–Crippen LogP) is 1.60. The van der Waals surface area contributed by atoms with E-state index in [4.69, 9.17) is 9.47 Å². The average Bonchev–Trinajstić information content (AvgIpc) is 2.92. The van der Waals surface area contributed by atoms with E-state index in [-0.39, 0.29) is 5.91 Å². The van der Waals surface area contributed by atoms with Gasteiger partial charge >= 0.3 is 0 Å². The highest BCUT2D eigenvalue weighted by atomic mass is 16.5. The third-order valence-corrected chi connectivity index (χ3v) is 4.72. The number of benzene rings is 1. The molecule has 2 aliphatic heterocycles. The highest BCUT2D eigenvalue weighted by Crippen LogP contribution is 2.42. The third kappa shape index (κ3) is 2.43. The van der Waals surface area contributed by atoms with Crippen LogP contribution in [-0.4, -0.2) is 41.0 Å². The number of carbonyl (C=O) groups excluding carboxylic acids is 1. The molecule has 3 heterocycles. The molecule has 0 bridgehead atoms. The van der Waals surface area contributed by atoms with Gasteiger partial charge in [-0.25, -0.2) is 9.97 Å². The number of likely N-dealkylation sites (tertiary alicyclic amines) is 1. The summed E-state index contributed by atoms with van der Waals surface area (Å²) in [5.74, 6) is 1.65. The molecule has 0 aliphatic carbocycles. The first-order chi connectivity index (χ1) is 11.6. The van der Waals surface area contributed by atoms with E-state index in [9.17, 15) is 4.79 Å². The molecule has 0 radical (unpaired) electrons. The second-order valence-electron chi connectivity index (χ2n) is 6.34. The molecule has 1 amide bonds. The number of amides is 1. The van der Waals surface area contributed by atoms with Crippen LogP contribution in [0.4, 0.5) is 0 Å². The number of hydrogen-bond acceptors (Lipinski definition) is 5. The summed E-state index contributed by atoms with van der Waals surface area (Å²) in [6.45, 7) is 3.51. The maximum Gasteiger partial charge on any atom is 0.227 e. The van der Waals surface area contributed by atoms with Crippen LogP contribution in [0.3, 0.4) is 0 Å². The maximum absolute atomic E-state index is 12.5. The first-order valence-electron chi connectivity index (χ1n) is 7.97. The number of rotatable bonds is 3. The van der Waals surface area contributed by atoms with Gasteiger partial charge in [0.2, 0.25) is 5.91 Å². The summed E-state index contributed by atoms with van der Waals surface area (Å²) in [5.41, 5.74) is 2.55. The lowest BCUT2D eigenvalue weighted by molar-refractivity contribution is -0.168. The Balaban J connectivity index is 1.41. The Hall–Kier alpha value is -2.47. The van der Waals surface area contributed by atoms with Crippen LogP contribution in [0.1, 0.15) is 22.6 Å². The van der Waals surface area contributed by atoms with E-state index < -0.39 is 5.60 Å². The van der Waals surface area contributed by atoms with Gasteiger partial charge < -0.3 is 14.4 Å². The molecule has 6 nitrogen and oxygen atoms in total. The number of nitrogens with zero attached hydrogens (tertiary/aromatic N) is 3. The van der Waals surface area contributed by atoms with Crippen LogP contribution in [0, 0.1) is 6.92 Å². The lowest BCUT2D eigenvalue weighted by atomic mass is 9.87. The number of ether oxygens (including phenoxy) is 2. The number of hydrogen-bond donors (Lipinski definition) is 0. The van der Waals surface area contributed by atoms with Crippen molar-refractivity contribution >= 4 is 5.91 Å². The molecule has 2 aliphatic rings. The second-order valence-corrected chi connectivity index (χ2v) is 6.34. The largest absolute Gasteiger partial charge is 0.497 e. The Morgan fingerprint density at radius 1 is 1.33 bits per heavy atom. The van der Waals surface area contributed by atoms with Crippen LogP contribution in [0.25, 0.3) is 0 Å². The molecule has 2 aromatic rings. The maximum atomic E-state index is 12.5. The summed E-state index contributed by atoms with van der Waals surface area (Å²) >= 11 is 0. The fraction of sp³-hybridized carbons (Fsp3) is 0.389. The average molecular weight is 325 g/mol. The van der Waals surface area contributed by atoms with Gasteiger partial charge in [-0.15, -0.1) is 0 Å². The summed E-state index contributed by atoms with van der Waals surface area (Å²) in [6, 6.07) is 7.58. The van der Waals surface area contributed by atoms with Crippen molar-refractivity contribution in [1.29, 1.82) is 0 Å². The number of carbonyl (C=O) groups is 1. The molecule has 1 aromatic carbocycles. The second kappa shape index (κ2) is 5.56. The molecule has 1 aromatic heterocycles. The normalized spacial score (nSPS) is 17.5. The van der Waals surface area contributed by atoms with E-state index in [1.807, 2.05) is 42.3 Å². The predicted molar refractivity (Wildman–Crippen MR) is 86.5 cm³/mol. The first-order valence-corrected chi connectivity index (χ1v) is 7.97. The monoisotopic (exact) mass is 325 g/mol. The van der Waals surface area contributed by atoms with Gasteiger partial charge in [-0.2, -0.15) is 0 Å². The Morgan fingerprint density at radius 2 is 2.08 bits per heavy atom. The van der Waals surface area contributed by atoms with Gasteiger partial charge in [-0.1, -0.05) is 12.1 Å². The van der Waals surface area contributed by atoms with Gasteiger partial charge in [-0.3, -0.25) is 4.79 Å². The molecule has 1 fully saturated rings. The lowest BCUT2D eigenvalue weighted by Crippen LogP contribution is -2.61. The van der Waals surface area contributed by atoms with Gasteiger partial charge in [0.15, 0.2) is 0 Å². The summed E-state index contributed by atoms with van der Waals surface area (Å²) < 4.78 is 11.1.